The number of alkyl carbamates (subject to hydrolysis) is 1. The van der Waals surface area contributed by atoms with Crippen molar-refractivity contribution < 1.29 is 33.8 Å². The van der Waals surface area contributed by atoms with Crippen LogP contribution >= 0.6 is 0 Å². The second kappa shape index (κ2) is 9.56. The highest BCUT2D eigenvalue weighted by Crippen LogP contribution is 2.16. The van der Waals surface area contributed by atoms with Gasteiger partial charge >= 0.3 is 18.0 Å². The first-order valence-electron chi connectivity index (χ1n) is 8.23. The molecule has 0 bridgehead atoms. The van der Waals surface area contributed by atoms with Crippen molar-refractivity contribution in [2.75, 3.05) is 12.4 Å². The minimum absolute atomic E-state index is 0.0486. The lowest BCUT2D eigenvalue weighted by Crippen LogP contribution is -2.44. The van der Waals surface area contributed by atoms with Crippen molar-refractivity contribution in [3.05, 3.63) is 29.8 Å². The molecule has 9 nitrogen and oxygen atoms in total. The van der Waals surface area contributed by atoms with Gasteiger partial charge in [-0.05, 0) is 39.3 Å². The molecule has 1 rings (SSSR count). The Morgan fingerprint density at radius 1 is 1.15 bits per heavy atom. The van der Waals surface area contributed by atoms with Gasteiger partial charge in [-0.1, -0.05) is 12.1 Å². The van der Waals surface area contributed by atoms with Crippen LogP contribution in [0.5, 0.6) is 0 Å². The molecule has 0 fully saturated rings. The molecule has 148 valence electrons. The molecule has 2 amide bonds. The van der Waals surface area contributed by atoms with E-state index in [4.69, 9.17) is 9.84 Å². The van der Waals surface area contributed by atoms with Gasteiger partial charge in [0.15, 0.2) is 0 Å². The van der Waals surface area contributed by atoms with Gasteiger partial charge in [-0.3, -0.25) is 4.79 Å². The molecule has 0 aliphatic carbocycles. The highest BCUT2D eigenvalue weighted by Gasteiger charge is 2.25. The molecule has 0 aliphatic heterocycles. The van der Waals surface area contributed by atoms with Gasteiger partial charge in [-0.15, -0.1) is 0 Å². The Morgan fingerprint density at radius 2 is 1.78 bits per heavy atom. The van der Waals surface area contributed by atoms with Crippen LogP contribution in [0, 0.1) is 0 Å². The summed E-state index contributed by atoms with van der Waals surface area (Å²) in [6.07, 6.45) is -1.01. The van der Waals surface area contributed by atoms with Crippen LogP contribution in [0.4, 0.5) is 10.5 Å². The van der Waals surface area contributed by atoms with Crippen molar-refractivity contribution in [2.45, 2.75) is 45.3 Å². The smallest absolute Gasteiger partial charge is 0.408 e. The number of ether oxygens (including phenoxy) is 2. The number of hydrogen-bond donors (Lipinski definition) is 3. The summed E-state index contributed by atoms with van der Waals surface area (Å²) in [5.74, 6) is -2.41. The molecule has 0 aromatic heterocycles. The van der Waals surface area contributed by atoms with E-state index in [-0.39, 0.29) is 24.1 Å². The molecule has 0 radical (unpaired) electrons. The molecule has 0 aliphatic rings. The van der Waals surface area contributed by atoms with Crippen molar-refractivity contribution in [3.63, 3.8) is 0 Å². The van der Waals surface area contributed by atoms with Crippen LogP contribution in [0.3, 0.4) is 0 Å². The maximum absolute atomic E-state index is 12.1. The molecule has 1 atom stereocenters. The normalized spacial score (nSPS) is 11.9. The zero-order valence-corrected chi connectivity index (χ0v) is 15.7. The highest BCUT2D eigenvalue weighted by molar-refractivity contribution is 6.00. The van der Waals surface area contributed by atoms with E-state index in [0.717, 1.165) is 7.11 Å². The first-order valence-corrected chi connectivity index (χ1v) is 8.23. The van der Waals surface area contributed by atoms with E-state index in [1.807, 2.05) is 0 Å². The lowest BCUT2D eigenvalue weighted by molar-refractivity contribution is -0.143. The monoisotopic (exact) mass is 380 g/mol. The summed E-state index contributed by atoms with van der Waals surface area (Å²) in [4.78, 5) is 46.9. The minimum atomic E-state index is -1.18. The van der Waals surface area contributed by atoms with Crippen LogP contribution in [0.15, 0.2) is 24.3 Å². The fraction of sp³-hybridized carbons (Fsp3) is 0.444. The Labute approximate surface area is 157 Å². The number of carboxylic acids is 1. The number of hydrogen-bond acceptors (Lipinski definition) is 6. The Hall–Kier alpha value is -3.10. The van der Waals surface area contributed by atoms with Gasteiger partial charge in [0.1, 0.15) is 11.6 Å². The molecular weight excluding hydrogens is 356 g/mol. The maximum atomic E-state index is 12.1. The Bertz CT molecular complexity index is 710. The largest absolute Gasteiger partial charge is 0.478 e. The van der Waals surface area contributed by atoms with Crippen molar-refractivity contribution >= 4 is 29.6 Å². The average molecular weight is 380 g/mol. The number of aromatic carboxylic acids is 1. The molecule has 0 spiro atoms. The van der Waals surface area contributed by atoms with Crippen LogP contribution < -0.4 is 10.6 Å². The number of carboxylic acid groups (broad SMARTS) is 1. The summed E-state index contributed by atoms with van der Waals surface area (Å²) in [7, 11) is 1.16. The van der Waals surface area contributed by atoms with Gasteiger partial charge in [-0.25, -0.2) is 14.4 Å². The number of nitrogens with one attached hydrogen (secondary N) is 2. The number of benzene rings is 1. The van der Waals surface area contributed by atoms with E-state index in [1.54, 1.807) is 26.8 Å². The van der Waals surface area contributed by atoms with E-state index in [9.17, 15) is 19.2 Å². The van der Waals surface area contributed by atoms with Gasteiger partial charge in [0.25, 0.3) is 0 Å². The van der Waals surface area contributed by atoms with Crippen LogP contribution in [0.2, 0.25) is 0 Å². The summed E-state index contributed by atoms with van der Waals surface area (Å²) in [6, 6.07) is 4.86. The first kappa shape index (κ1) is 21.9. The zero-order valence-electron chi connectivity index (χ0n) is 15.7. The molecular formula is C18H24N2O7. The standard InChI is InChI=1S/C18H24N2O7/c1-18(2,3)27-17(25)20-13(16(24)26-4)9-10-14(21)19-12-8-6-5-7-11(12)15(22)23/h5-8,13H,9-10H2,1-4H3,(H,19,21)(H,20,25)(H,22,23)/t13-/m0/s1. The number of methoxy groups -OCH3 is 1. The third-order valence-electron chi connectivity index (χ3n) is 3.27. The third kappa shape index (κ3) is 7.76. The number of esters is 1. The van der Waals surface area contributed by atoms with Crippen LogP contribution in [-0.2, 0) is 19.1 Å². The van der Waals surface area contributed by atoms with Gasteiger partial charge in [0.2, 0.25) is 5.91 Å². The molecule has 1 aromatic carbocycles. The Kier molecular flexibility index (Phi) is 7.77. The second-order valence-corrected chi connectivity index (χ2v) is 6.66. The summed E-state index contributed by atoms with van der Waals surface area (Å²) in [6.45, 7) is 5.02. The number of carbonyl (C=O) groups excluding carboxylic acids is 3. The average Bonchev–Trinajstić information content (AvgIpc) is 2.56. The topological polar surface area (TPSA) is 131 Å². The molecule has 0 unspecified atom stereocenters. The van der Waals surface area contributed by atoms with E-state index >= 15 is 0 Å². The predicted molar refractivity (Wildman–Crippen MR) is 96.4 cm³/mol. The fourth-order valence-corrected chi connectivity index (χ4v) is 2.11. The summed E-state index contributed by atoms with van der Waals surface area (Å²) >= 11 is 0. The van der Waals surface area contributed by atoms with Crippen molar-refractivity contribution in [1.82, 2.24) is 5.32 Å². The fourth-order valence-electron chi connectivity index (χ4n) is 2.11. The summed E-state index contributed by atoms with van der Waals surface area (Å²) < 4.78 is 9.71. The summed E-state index contributed by atoms with van der Waals surface area (Å²) in [5, 5.41) is 14.0. The lowest BCUT2D eigenvalue weighted by Gasteiger charge is -2.22. The number of para-hydroxylation sites is 1. The molecule has 0 heterocycles. The van der Waals surface area contributed by atoms with Gasteiger partial charge in [0.05, 0.1) is 18.4 Å². The van der Waals surface area contributed by atoms with Crippen molar-refractivity contribution in [2.24, 2.45) is 0 Å². The Morgan fingerprint density at radius 3 is 2.33 bits per heavy atom. The highest BCUT2D eigenvalue weighted by atomic mass is 16.6. The SMILES string of the molecule is COC(=O)[C@H](CCC(=O)Nc1ccccc1C(=O)O)NC(=O)OC(C)(C)C. The maximum Gasteiger partial charge on any atom is 0.408 e. The first-order chi connectivity index (χ1) is 12.5. The van der Waals surface area contributed by atoms with Crippen molar-refractivity contribution in [3.8, 4) is 0 Å². The number of anilines is 1. The molecule has 27 heavy (non-hydrogen) atoms. The predicted octanol–water partition coefficient (Wildman–Crippen LogP) is 2.17. The van der Waals surface area contributed by atoms with Crippen LogP contribution in [-0.4, -0.2) is 47.8 Å². The second-order valence-electron chi connectivity index (χ2n) is 6.66. The van der Waals surface area contributed by atoms with E-state index in [2.05, 4.69) is 15.4 Å². The molecule has 1 aromatic rings. The number of carbonyl (C=O) groups is 4. The van der Waals surface area contributed by atoms with Gasteiger partial charge in [-0.2, -0.15) is 0 Å². The number of rotatable bonds is 7. The lowest BCUT2D eigenvalue weighted by atomic mass is 10.1. The Balaban J connectivity index is 2.70. The molecule has 0 saturated heterocycles. The minimum Gasteiger partial charge on any atom is -0.478 e. The molecule has 0 saturated carbocycles. The van der Waals surface area contributed by atoms with E-state index in [0.29, 0.717) is 0 Å². The quantitative estimate of drug-likeness (QED) is 0.618. The zero-order chi connectivity index (χ0) is 20.6. The van der Waals surface area contributed by atoms with E-state index < -0.39 is 35.6 Å². The number of amides is 2. The van der Waals surface area contributed by atoms with Crippen LogP contribution in [0.1, 0.15) is 44.0 Å². The summed E-state index contributed by atoms with van der Waals surface area (Å²) in [5.41, 5.74) is -0.658. The van der Waals surface area contributed by atoms with Gasteiger partial charge in [0, 0.05) is 6.42 Å². The van der Waals surface area contributed by atoms with Crippen LogP contribution in [0.25, 0.3) is 0 Å². The van der Waals surface area contributed by atoms with Gasteiger partial charge < -0.3 is 25.2 Å². The molecule has 9 heteroatoms. The third-order valence-corrected chi connectivity index (χ3v) is 3.27. The van der Waals surface area contributed by atoms with E-state index in [1.165, 1.54) is 18.2 Å². The van der Waals surface area contributed by atoms with Crippen molar-refractivity contribution in [1.29, 1.82) is 0 Å². The molecule has 3 N–H and O–H groups in total.